The highest BCUT2D eigenvalue weighted by atomic mass is 35.5. The molecule has 0 atom stereocenters. The van der Waals surface area contributed by atoms with Crippen LogP contribution in [0.5, 0.6) is 0 Å². The van der Waals surface area contributed by atoms with Crippen molar-refractivity contribution >= 4 is 63.9 Å². The maximum atomic E-state index is 14.3. The zero-order chi connectivity index (χ0) is 29.7. The molecule has 3 aromatic rings. The number of hydroxylamine groups is 2. The van der Waals surface area contributed by atoms with Crippen LogP contribution < -0.4 is 9.67 Å². The fourth-order valence-corrected chi connectivity index (χ4v) is 6.21. The van der Waals surface area contributed by atoms with E-state index in [4.69, 9.17) is 28.0 Å². The van der Waals surface area contributed by atoms with Gasteiger partial charge in [0.2, 0.25) is 4.80 Å². The minimum atomic E-state index is -0.580. The van der Waals surface area contributed by atoms with E-state index >= 15 is 0 Å². The predicted molar refractivity (Wildman–Crippen MR) is 157 cm³/mol. The molecule has 2 aliphatic rings. The molecule has 9 nitrogen and oxygen atoms in total. The van der Waals surface area contributed by atoms with Crippen LogP contribution in [-0.4, -0.2) is 45.8 Å². The van der Waals surface area contributed by atoms with Gasteiger partial charge in [-0.1, -0.05) is 41.4 Å². The Bertz CT molecular complexity index is 1570. The molecule has 0 unspecified atom stereocenters. The highest BCUT2D eigenvalue weighted by Gasteiger charge is 2.40. The Morgan fingerprint density at radius 3 is 2.51 bits per heavy atom. The largest absolute Gasteiger partial charge is 0.468 e. The Morgan fingerprint density at radius 1 is 1.15 bits per heavy atom. The molecule has 0 bridgehead atoms. The second-order valence-electron chi connectivity index (χ2n) is 9.91. The van der Waals surface area contributed by atoms with Crippen LogP contribution in [-0.2, 0) is 38.8 Å². The van der Waals surface area contributed by atoms with Crippen molar-refractivity contribution in [2.24, 2.45) is 10.4 Å². The maximum absolute atomic E-state index is 14.3. The highest BCUT2D eigenvalue weighted by molar-refractivity contribution is 8.00. The van der Waals surface area contributed by atoms with Crippen molar-refractivity contribution in [3.05, 3.63) is 72.3 Å². The summed E-state index contributed by atoms with van der Waals surface area (Å²) in [5.41, 5.74) is 0.552. The van der Waals surface area contributed by atoms with Crippen LogP contribution in [0.1, 0.15) is 32.3 Å². The van der Waals surface area contributed by atoms with E-state index in [1.807, 2.05) is 38.1 Å². The summed E-state index contributed by atoms with van der Waals surface area (Å²) < 4.78 is 22.3. The number of carbonyl (C=O) groups excluding carboxylic acids is 2. The van der Waals surface area contributed by atoms with E-state index in [2.05, 4.69) is 9.73 Å². The Labute approximate surface area is 254 Å². The van der Waals surface area contributed by atoms with Crippen molar-refractivity contribution in [1.82, 2.24) is 14.4 Å². The maximum Gasteiger partial charge on any atom is 0.325 e. The number of rotatable bonds is 6. The number of benzene rings is 2. The Morgan fingerprint density at radius 2 is 1.85 bits per heavy atom. The summed E-state index contributed by atoms with van der Waals surface area (Å²) in [6.07, 6.45) is 1.90. The third-order valence-corrected chi connectivity index (χ3v) is 9.03. The SMILES string of the molecule is CC1(C)CON(Cc2ccccc2Cl)C1=O.COC(=O)CSc1cc(N=c2sc(=O)n3n2CCCC3)c(F)cc1Cl. The molecule has 0 N–H and O–H groups in total. The number of amides is 1. The normalized spacial score (nSPS) is 16.3. The van der Waals surface area contributed by atoms with Crippen molar-refractivity contribution in [3.63, 3.8) is 0 Å². The summed E-state index contributed by atoms with van der Waals surface area (Å²) in [7, 11) is 1.30. The first-order chi connectivity index (χ1) is 19.5. The van der Waals surface area contributed by atoms with Crippen LogP contribution in [0.3, 0.4) is 0 Å². The van der Waals surface area contributed by atoms with E-state index < -0.39 is 17.2 Å². The Hall–Kier alpha value is -2.64. The number of carbonyl (C=O) groups is 2. The number of ether oxygens (including phenoxy) is 1. The minimum absolute atomic E-state index is 0.00687. The van der Waals surface area contributed by atoms with E-state index in [-0.39, 0.29) is 27.2 Å². The Balaban J connectivity index is 0.000000208. The molecule has 3 heterocycles. The molecule has 2 aliphatic heterocycles. The number of fused-ring (bicyclic) bond motifs is 1. The van der Waals surface area contributed by atoms with Crippen LogP contribution >= 0.6 is 46.3 Å². The Kier molecular flexibility index (Phi) is 10.3. The zero-order valence-electron chi connectivity index (χ0n) is 22.7. The molecule has 220 valence electrons. The van der Waals surface area contributed by atoms with Gasteiger partial charge < -0.3 is 4.74 Å². The lowest BCUT2D eigenvalue weighted by Crippen LogP contribution is -2.31. The average molecular weight is 644 g/mol. The second-order valence-corrected chi connectivity index (χ2v) is 12.7. The quantitative estimate of drug-likeness (QED) is 0.263. The van der Waals surface area contributed by atoms with Gasteiger partial charge in [0.15, 0.2) is 0 Å². The number of hydrogen-bond acceptors (Lipinski definition) is 8. The first-order valence-electron chi connectivity index (χ1n) is 12.7. The van der Waals surface area contributed by atoms with Gasteiger partial charge in [-0.05, 0) is 61.8 Å². The van der Waals surface area contributed by atoms with Gasteiger partial charge in [0.05, 0.1) is 36.5 Å². The van der Waals surface area contributed by atoms with Gasteiger partial charge in [0.25, 0.3) is 5.91 Å². The zero-order valence-corrected chi connectivity index (χ0v) is 25.8. The van der Waals surface area contributed by atoms with Crippen molar-refractivity contribution in [2.45, 2.75) is 51.2 Å². The molecule has 1 saturated heterocycles. The number of nitrogens with zero attached hydrogens (tertiary/aromatic N) is 4. The topological polar surface area (TPSA) is 95.1 Å². The summed E-state index contributed by atoms with van der Waals surface area (Å²) in [5, 5.41) is 2.25. The number of hydrogen-bond donors (Lipinski definition) is 0. The summed E-state index contributed by atoms with van der Waals surface area (Å²) in [4.78, 5) is 45.8. The van der Waals surface area contributed by atoms with Gasteiger partial charge in [-0.25, -0.2) is 19.1 Å². The molecular formula is C27H29Cl2FN4O5S2. The molecule has 5 rings (SSSR count). The van der Waals surface area contributed by atoms with Gasteiger partial charge in [-0.3, -0.25) is 23.9 Å². The van der Waals surface area contributed by atoms with Crippen LogP contribution in [0.2, 0.25) is 10.0 Å². The molecule has 0 radical (unpaired) electrons. The van der Waals surface area contributed by atoms with Crippen molar-refractivity contribution in [3.8, 4) is 0 Å². The van der Waals surface area contributed by atoms with Gasteiger partial charge in [-0.15, -0.1) is 11.8 Å². The highest BCUT2D eigenvalue weighted by Crippen LogP contribution is 2.33. The summed E-state index contributed by atoms with van der Waals surface area (Å²) in [6.45, 7) is 5.91. The van der Waals surface area contributed by atoms with E-state index in [0.717, 1.165) is 47.6 Å². The average Bonchev–Trinajstić information content (AvgIpc) is 3.40. The summed E-state index contributed by atoms with van der Waals surface area (Å²) >= 11 is 14.2. The van der Waals surface area contributed by atoms with Gasteiger partial charge in [0, 0.05) is 23.0 Å². The monoisotopic (exact) mass is 642 g/mol. The molecule has 14 heteroatoms. The van der Waals surface area contributed by atoms with E-state index in [1.54, 1.807) is 9.36 Å². The number of thioether (sulfide) groups is 1. The predicted octanol–water partition coefficient (Wildman–Crippen LogP) is 5.44. The molecule has 2 aromatic carbocycles. The van der Waals surface area contributed by atoms with Gasteiger partial charge in [0.1, 0.15) is 11.5 Å². The molecule has 1 fully saturated rings. The first-order valence-corrected chi connectivity index (χ1v) is 15.3. The van der Waals surface area contributed by atoms with Crippen LogP contribution in [0.25, 0.3) is 0 Å². The fraction of sp³-hybridized carbons (Fsp3) is 0.407. The number of esters is 1. The standard InChI is InChI=1S/C15H15ClFN3O3S2.C12H14ClNO2/c1-23-13(21)8-24-12-7-11(10(17)6-9(12)16)18-14-19-4-2-3-5-20(19)15(22)25-14;1-12(2)8-16-14(11(12)15)7-9-5-3-4-6-10(9)13/h6-7H,2-5,8H2,1H3;3-6H,7-8H2,1-2H3. The second kappa shape index (κ2) is 13.6. The van der Waals surface area contributed by atoms with Crippen molar-refractivity contribution in [2.75, 3.05) is 19.5 Å². The lowest BCUT2D eigenvalue weighted by Gasteiger charge is -2.16. The molecule has 1 amide bonds. The molecule has 41 heavy (non-hydrogen) atoms. The van der Waals surface area contributed by atoms with E-state index in [1.165, 1.54) is 18.2 Å². The lowest BCUT2D eigenvalue weighted by atomic mass is 9.95. The smallest absolute Gasteiger partial charge is 0.325 e. The number of halogens is 3. The van der Waals surface area contributed by atoms with Crippen molar-refractivity contribution < 1.29 is 23.6 Å². The first kappa shape index (κ1) is 31.3. The van der Waals surface area contributed by atoms with Gasteiger partial charge in [-0.2, -0.15) is 0 Å². The van der Waals surface area contributed by atoms with Gasteiger partial charge >= 0.3 is 10.8 Å². The molecule has 1 aromatic heterocycles. The molecule has 0 saturated carbocycles. The number of aromatic nitrogens is 2. The summed E-state index contributed by atoms with van der Waals surface area (Å²) in [5.74, 6) is -0.916. The van der Waals surface area contributed by atoms with E-state index in [9.17, 15) is 18.8 Å². The summed E-state index contributed by atoms with van der Waals surface area (Å²) in [6, 6.07) is 10.1. The van der Waals surface area contributed by atoms with Crippen LogP contribution in [0.15, 0.2) is 51.1 Å². The number of methoxy groups -OCH3 is 1. The lowest BCUT2D eigenvalue weighted by molar-refractivity contribution is -0.165. The van der Waals surface area contributed by atoms with Crippen LogP contribution in [0.4, 0.5) is 10.1 Å². The fourth-order valence-electron chi connectivity index (χ4n) is 4.03. The molecular weight excluding hydrogens is 614 g/mol. The van der Waals surface area contributed by atoms with Crippen LogP contribution in [0, 0.1) is 11.2 Å². The molecule has 0 aliphatic carbocycles. The van der Waals surface area contributed by atoms with E-state index in [0.29, 0.717) is 41.0 Å². The van der Waals surface area contributed by atoms with Crippen molar-refractivity contribution in [1.29, 1.82) is 0 Å². The third kappa shape index (κ3) is 7.61. The third-order valence-electron chi connectivity index (χ3n) is 6.34. The minimum Gasteiger partial charge on any atom is -0.468 e. The molecule has 0 spiro atoms.